The number of methoxy groups -OCH3 is 1. The van der Waals surface area contributed by atoms with E-state index in [1.54, 1.807) is 12.1 Å². The topological polar surface area (TPSA) is 96.2 Å². The smallest absolute Gasteiger partial charge is 0.211 e. The summed E-state index contributed by atoms with van der Waals surface area (Å²) in [7, 11) is -1.66. The number of ether oxygens (including phenoxy) is 1. The van der Waals surface area contributed by atoms with Crippen LogP contribution in [0.2, 0.25) is 5.02 Å². The zero-order valence-electron chi connectivity index (χ0n) is 18.8. The third-order valence-electron chi connectivity index (χ3n) is 5.95. The lowest BCUT2D eigenvalue weighted by molar-refractivity contribution is 0.281. The van der Waals surface area contributed by atoms with Crippen LogP contribution in [0, 0.1) is 0 Å². The number of hydrogen-bond donors (Lipinski definition) is 2. The first-order valence-corrected chi connectivity index (χ1v) is 13.1. The van der Waals surface area contributed by atoms with Gasteiger partial charge in [-0.05, 0) is 43.0 Å². The molecule has 0 saturated carbocycles. The first kappa shape index (κ1) is 23.8. The Morgan fingerprint density at radius 2 is 2.03 bits per heavy atom. The fourth-order valence-electron chi connectivity index (χ4n) is 4.26. The van der Waals surface area contributed by atoms with E-state index >= 15 is 0 Å². The highest BCUT2D eigenvalue weighted by Gasteiger charge is 2.23. The number of aromatic nitrogens is 2. The minimum absolute atomic E-state index is 0.0173. The van der Waals surface area contributed by atoms with E-state index < -0.39 is 10.0 Å². The van der Waals surface area contributed by atoms with Gasteiger partial charge >= 0.3 is 0 Å². The average molecular weight is 493 g/mol. The second-order valence-corrected chi connectivity index (χ2v) is 10.6. The van der Waals surface area contributed by atoms with Crippen molar-refractivity contribution in [2.24, 2.45) is 0 Å². The zero-order valence-corrected chi connectivity index (χ0v) is 20.4. The van der Waals surface area contributed by atoms with E-state index in [-0.39, 0.29) is 18.4 Å². The van der Waals surface area contributed by atoms with Gasteiger partial charge in [0.05, 0.1) is 30.2 Å². The van der Waals surface area contributed by atoms with E-state index in [2.05, 4.69) is 9.62 Å². The van der Waals surface area contributed by atoms with E-state index in [1.807, 2.05) is 35.9 Å². The Labute approximate surface area is 199 Å². The minimum Gasteiger partial charge on any atom is -0.495 e. The van der Waals surface area contributed by atoms with Crippen molar-refractivity contribution in [3.05, 3.63) is 47.2 Å². The minimum atomic E-state index is -3.20. The zero-order chi connectivity index (χ0) is 23.6. The first-order chi connectivity index (χ1) is 15.8. The average Bonchev–Trinajstić information content (AvgIpc) is 3.22. The number of nitrogens with zero attached hydrogens (tertiary/aromatic N) is 3. The maximum Gasteiger partial charge on any atom is 0.211 e. The molecule has 3 heterocycles. The second-order valence-electron chi connectivity index (χ2n) is 8.28. The number of nitrogens with one attached hydrogen (secondary N) is 1. The number of fused-ring (bicyclic) bond motifs is 1. The van der Waals surface area contributed by atoms with E-state index in [9.17, 15) is 13.5 Å². The number of imidazole rings is 1. The summed E-state index contributed by atoms with van der Waals surface area (Å²) in [6.45, 7) is 3.25. The molecule has 178 valence electrons. The largest absolute Gasteiger partial charge is 0.495 e. The van der Waals surface area contributed by atoms with Gasteiger partial charge in [-0.25, -0.2) is 18.1 Å². The lowest BCUT2D eigenvalue weighted by atomic mass is 10.1. The van der Waals surface area contributed by atoms with E-state index in [1.165, 1.54) is 7.11 Å². The molecule has 2 N–H and O–H groups in total. The molecular weight excluding hydrogens is 464 g/mol. The summed E-state index contributed by atoms with van der Waals surface area (Å²) < 4.78 is 34.1. The lowest BCUT2D eigenvalue weighted by Gasteiger charge is -2.33. The first-order valence-electron chi connectivity index (χ1n) is 11.0. The molecule has 3 aromatic rings. The number of rotatable bonds is 8. The molecule has 1 fully saturated rings. The van der Waals surface area contributed by atoms with E-state index in [0.29, 0.717) is 28.5 Å². The van der Waals surface area contributed by atoms with E-state index in [4.69, 9.17) is 21.3 Å². The van der Waals surface area contributed by atoms with Gasteiger partial charge in [0.2, 0.25) is 10.0 Å². The fourth-order valence-corrected chi connectivity index (χ4v) is 5.90. The molecule has 1 aliphatic rings. The van der Waals surface area contributed by atoms with Gasteiger partial charge in [-0.2, -0.15) is 0 Å². The predicted octanol–water partition coefficient (Wildman–Crippen LogP) is 3.45. The Morgan fingerprint density at radius 3 is 2.70 bits per heavy atom. The third-order valence-corrected chi connectivity index (χ3v) is 7.88. The summed E-state index contributed by atoms with van der Waals surface area (Å²) in [6, 6.07) is 7.53. The third kappa shape index (κ3) is 5.27. The van der Waals surface area contributed by atoms with Crippen LogP contribution < -0.4 is 14.4 Å². The number of anilines is 1. The van der Waals surface area contributed by atoms with Crippen LogP contribution in [0.3, 0.4) is 0 Å². The van der Waals surface area contributed by atoms with Crippen LogP contribution >= 0.6 is 11.6 Å². The van der Waals surface area contributed by atoms with Crippen LogP contribution in [-0.4, -0.2) is 54.9 Å². The Morgan fingerprint density at radius 1 is 1.27 bits per heavy atom. The molecule has 0 atom stereocenters. The maximum absolute atomic E-state index is 12.1. The number of pyridine rings is 1. The highest BCUT2D eigenvalue weighted by molar-refractivity contribution is 7.89. The number of benzene rings is 1. The van der Waals surface area contributed by atoms with Gasteiger partial charge in [-0.1, -0.05) is 18.5 Å². The summed E-state index contributed by atoms with van der Waals surface area (Å²) in [5.74, 6) is 0.680. The van der Waals surface area contributed by atoms with Gasteiger partial charge in [-0.3, -0.25) is 0 Å². The van der Waals surface area contributed by atoms with Crippen LogP contribution in [-0.2, 0) is 16.6 Å². The summed E-state index contributed by atoms with van der Waals surface area (Å²) >= 11 is 6.31. The molecule has 1 aliphatic heterocycles. The van der Waals surface area contributed by atoms with Gasteiger partial charge < -0.3 is 19.1 Å². The molecule has 0 aliphatic carbocycles. The van der Waals surface area contributed by atoms with Gasteiger partial charge in [0.1, 0.15) is 11.4 Å². The molecule has 4 rings (SSSR count). The number of halogens is 1. The van der Waals surface area contributed by atoms with Gasteiger partial charge in [0, 0.05) is 48.8 Å². The fraction of sp³-hybridized carbons (Fsp3) is 0.435. The summed E-state index contributed by atoms with van der Waals surface area (Å²) in [5.41, 5.74) is 3.99. The molecule has 1 saturated heterocycles. The van der Waals surface area contributed by atoms with Crippen LogP contribution in [0.1, 0.15) is 31.7 Å². The Hall–Kier alpha value is -2.33. The van der Waals surface area contributed by atoms with Crippen molar-refractivity contribution in [2.75, 3.05) is 30.9 Å². The maximum atomic E-state index is 12.1. The quantitative estimate of drug-likeness (QED) is 0.500. The molecule has 0 radical (unpaired) electrons. The molecule has 8 nitrogen and oxygen atoms in total. The van der Waals surface area contributed by atoms with Crippen molar-refractivity contribution >= 4 is 33.0 Å². The summed E-state index contributed by atoms with van der Waals surface area (Å²) in [5, 5.41) is 10.3. The van der Waals surface area contributed by atoms with E-state index in [0.717, 1.165) is 42.8 Å². The second kappa shape index (κ2) is 9.89. The van der Waals surface area contributed by atoms with Crippen molar-refractivity contribution in [2.45, 2.75) is 38.8 Å². The standard InChI is InChI=1S/C23H29ClN4O4S/c1-3-10-33(30,31)26-17-4-7-27(8-5-17)18-6-9-28-14-21(25-23(28)12-18)19-13-20(24)22(32-2)11-16(19)15-29/h6,9,11-14,17,26,29H,3-5,7-8,10,15H2,1-2H3. The molecule has 0 bridgehead atoms. The molecule has 0 unspecified atom stereocenters. The van der Waals surface area contributed by atoms with Crippen LogP contribution in [0.15, 0.2) is 36.7 Å². The monoisotopic (exact) mass is 492 g/mol. The molecule has 10 heteroatoms. The van der Waals surface area contributed by atoms with Crippen LogP contribution in [0.5, 0.6) is 5.75 Å². The molecule has 0 amide bonds. The normalized spacial score (nSPS) is 15.3. The molecule has 0 spiro atoms. The number of sulfonamides is 1. The number of piperidine rings is 1. The Balaban J connectivity index is 1.52. The van der Waals surface area contributed by atoms with Gasteiger partial charge in [0.25, 0.3) is 0 Å². The molecular formula is C23H29ClN4O4S. The predicted molar refractivity (Wildman–Crippen MR) is 131 cm³/mol. The molecule has 33 heavy (non-hydrogen) atoms. The number of aliphatic hydroxyl groups is 1. The van der Waals surface area contributed by atoms with Crippen LogP contribution in [0.4, 0.5) is 5.69 Å². The lowest BCUT2D eigenvalue weighted by Crippen LogP contribution is -2.45. The van der Waals surface area contributed by atoms with Crippen molar-refractivity contribution in [1.82, 2.24) is 14.1 Å². The van der Waals surface area contributed by atoms with Crippen molar-refractivity contribution in [3.63, 3.8) is 0 Å². The highest BCUT2D eigenvalue weighted by Crippen LogP contribution is 2.34. The van der Waals surface area contributed by atoms with Crippen molar-refractivity contribution in [3.8, 4) is 17.0 Å². The van der Waals surface area contributed by atoms with Gasteiger partial charge in [-0.15, -0.1) is 0 Å². The number of aliphatic hydroxyl groups excluding tert-OH is 1. The van der Waals surface area contributed by atoms with Crippen LogP contribution in [0.25, 0.3) is 16.9 Å². The van der Waals surface area contributed by atoms with Gasteiger partial charge in [0.15, 0.2) is 0 Å². The summed E-state index contributed by atoms with van der Waals surface area (Å²) in [6.07, 6.45) is 6.01. The molecule has 2 aromatic heterocycles. The SMILES string of the molecule is CCCS(=O)(=O)NC1CCN(c2ccn3cc(-c4cc(Cl)c(OC)cc4CO)nc3c2)CC1. The Bertz CT molecular complexity index is 1240. The molecule has 1 aromatic carbocycles. The summed E-state index contributed by atoms with van der Waals surface area (Å²) in [4.78, 5) is 7.01. The Kier molecular flexibility index (Phi) is 7.13. The highest BCUT2D eigenvalue weighted by atomic mass is 35.5. The van der Waals surface area contributed by atoms with Crippen molar-refractivity contribution < 1.29 is 18.3 Å². The number of hydrogen-bond acceptors (Lipinski definition) is 6. The van der Waals surface area contributed by atoms with Crippen molar-refractivity contribution in [1.29, 1.82) is 0 Å².